The molecule has 2 fully saturated rings. The molecule has 2 saturated heterocycles. The monoisotopic (exact) mass is 1490 g/mol. The number of Topliss-reactive ketones (excluding diaryl/α,β-unsaturated/α-hetero) is 1. The number of aryl methyl sites for hydroxylation is 1. The van der Waals surface area contributed by atoms with Gasteiger partial charge in [-0.25, -0.2) is 15.0 Å². The van der Waals surface area contributed by atoms with Crippen molar-refractivity contribution in [2.24, 2.45) is 5.92 Å². The van der Waals surface area contributed by atoms with Crippen molar-refractivity contribution in [2.75, 3.05) is 49.2 Å². The molecule has 5 aliphatic heterocycles. The lowest BCUT2D eigenvalue weighted by Crippen LogP contribution is -2.40. The van der Waals surface area contributed by atoms with Gasteiger partial charge in [-0.2, -0.15) is 0 Å². The summed E-state index contributed by atoms with van der Waals surface area (Å²) in [6.45, 7) is 9.63. The molecule has 0 bridgehead atoms. The summed E-state index contributed by atoms with van der Waals surface area (Å²) in [5, 5.41) is 25.6. The number of benzene rings is 6. The molecule has 1 atom stereocenters. The normalized spacial score (nSPS) is 14.8. The molecule has 12 heterocycles. The number of aromatic nitrogens is 7. The Morgan fingerprint density at radius 2 is 0.902 bits per heavy atom. The number of hydrogen-bond acceptors (Lipinski definition) is 16. The molecule has 1 unspecified atom stereocenters. The molecule has 13 aromatic rings. The Hall–Kier alpha value is -14.0. The second kappa shape index (κ2) is 30.9. The first-order chi connectivity index (χ1) is 54.4. The predicted octanol–water partition coefficient (Wildman–Crippen LogP) is 12.7. The zero-order valence-corrected chi connectivity index (χ0v) is 61.9. The Morgan fingerprint density at radius 1 is 0.500 bits per heavy atom. The van der Waals surface area contributed by atoms with E-state index >= 15 is 0 Å². The highest BCUT2D eigenvalue weighted by Gasteiger charge is 2.32. The van der Waals surface area contributed by atoms with E-state index in [1.54, 1.807) is 55.7 Å². The van der Waals surface area contributed by atoms with Gasteiger partial charge in [-0.05, 0) is 205 Å². The number of hydrogen-bond donors (Lipinski definition) is 7. The quantitative estimate of drug-likeness (QED) is 0.0446. The number of ketones is 1. The molecule has 7 N–H and O–H groups in total. The van der Waals surface area contributed by atoms with Crippen molar-refractivity contribution < 1.29 is 42.9 Å². The maximum atomic E-state index is 13.0. The number of fused-ring (bicyclic) bond motifs is 6. The fourth-order valence-corrected chi connectivity index (χ4v) is 15.1. The molecule has 6 aromatic carbocycles. The van der Waals surface area contributed by atoms with Gasteiger partial charge >= 0.3 is 0 Å². The summed E-state index contributed by atoms with van der Waals surface area (Å²) in [7, 11) is 1.79. The Morgan fingerprint density at radius 3 is 1.29 bits per heavy atom. The van der Waals surface area contributed by atoms with Crippen molar-refractivity contribution in [3.63, 3.8) is 0 Å². The molecule has 0 saturated carbocycles. The van der Waals surface area contributed by atoms with E-state index in [9.17, 15) is 38.4 Å². The van der Waals surface area contributed by atoms with Gasteiger partial charge in [-0.15, -0.1) is 0 Å². The highest BCUT2D eigenvalue weighted by Crippen LogP contribution is 2.35. The zero-order valence-electron chi connectivity index (χ0n) is 61.9. The molecular formula is C86H79N17O9. The number of rotatable bonds is 17. The van der Waals surface area contributed by atoms with E-state index in [0.717, 1.165) is 137 Å². The Labute approximate surface area is 643 Å². The van der Waals surface area contributed by atoms with Crippen LogP contribution in [0.1, 0.15) is 130 Å². The number of likely N-dealkylation sites (N-methyl/N-ethyl adjacent to an activating group) is 1. The van der Waals surface area contributed by atoms with Gasteiger partial charge in [0.25, 0.3) is 35.4 Å². The smallest absolute Gasteiger partial charge is 0.253 e. The second-order valence-electron chi connectivity index (χ2n) is 28.4. The van der Waals surface area contributed by atoms with Gasteiger partial charge < -0.3 is 56.4 Å². The predicted molar refractivity (Wildman–Crippen MR) is 424 cm³/mol. The van der Waals surface area contributed by atoms with Crippen LogP contribution >= 0.6 is 0 Å². The number of nitrogens with zero attached hydrogens (tertiary/aromatic N) is 10. The fraction of sp³-hybridized carbons (Fsp3) is 0.209. The van der Waals surface area contributed by atoms with Gasteiger partial charge in [0.05, 0.1) is 46.7 Å². The molecular weight excluding hydrogens is 1420 g/mol. The lowest BCUT2D eigenvalue weighted by molar-refractivity contribution is -0.129. The zero-order chi connectivity index (χ0) is 77.3. The van der Waals surface area contributed by atoms with E-state index in [4.69, 9.17) is 4.52 Å². The van der Waals surface area contributed by atoms with E-state index in [-0.39, 0.29) is 53.3 Å². The lowest BCUT2D eigenvalue weighted by atomic mass is 9.91. The fourth-order valence-electron chi connectivity index (χ4n) is 15.1. The summed E-state index contributed by atoms with van der Waals surface area (Å²) in [4.78, 5) is 117. The Balaban J connectivity index is 0.000000127. The van der Waals surface area contributed by atoms with Gasteiger partial charge in [0, 0.05) is 166 Å². The summed E-state index contributed by atoms with van der Waals surface area (Å²) >= 11 is 0. The highest BCUT2D eigenvalue weighted by molar-refractivity contribution is 6.01. The topological polar surface area (TPSA) is 308 Å². The molecule has 112 heavy (non-hydrogen) atoms. The van der Waals surface area contributed by atoms with Crippen LogP contribution in [0.3, 0.4) is 0 Å². The summed E-state index contributed by atoms with van der Waals surface area (Å²) in [6.07, 6.45) is 13.9. The molecule has 7 amide bonds. The first-order valence-corrected chi connectivity index (χ1v) is 37.2. The van der Waals surface area contributed by atoms with E-state index in [0.29, 0.717) is 92.7 Å². The maximum Gasteiger partial charge on any atom is 0.253 e. The van der Waals surface area contributed by atoms with Gasteiger partial charge in [-0.1, -0.05) is 30.3 Å². The molecule has 5 aliphatic rings. The number of piperidine rings is 1. The molecule has 0 spiro atoms. The molecule has 18 rings (SSSR count). The molecule has 0 aliphatic carbocycles. The number of likely N-dealkylation sites (tertiary alicyclic amines) is 2. The van der Waals surface area contributed by atoms with Crippen LogP contribution in [0.25, 0.3) is 50.7 Å². The van der Waals surface area contributed by atoms with E-state index in [1.807, 2.05) is 201 Å². The first kappa shape index (κ1) is 72.2. The van der Waals surface area contributed by atoms with Crippen LogP contribution in [0.5, 0.6) is 0 Å². The summed E-state index contributed by atoms with van der Waals surface area (Å²) in [5.74, 6) is 0.809. The van der Waals surface area contributed by atoms with Crippen LogP contribution in [-0.2, 0) is 35.8 Å². The number of carbonyl (C=O) groups is 8. The SMILES string of the molecule is CC(=O)N(C)C1CCN(C(=O)c2ccc(Nc3ccc(-c4ccc5c(c4)CNC5=O)n4ccnc34)cc2)C1.CCC(=O)C1CCN(C(=O)c2ccc(Nc3ccc(-c4ccc5c(c4)CNC5=O)n4ccnc34)cc2)CC1.Cc1cc(CNC(=O)c2ccc(Nc3ccc(-c4ccc5c(c4)CNC5=O)n4ccnc34)cc2)no1. The van der Waals surface area contributed by atoms with Crippen LogP contribution < -0.4 is 37.2 Å². The lowest BCUT2D eigenvalue weighted by Gasteiger charge is -2.31. The number of amides is 7. The standard InChI is InChI=1S/C30H29N5O3.C29H28N6O3.C27H22N6O3/c1-2-27(36)19-11-14-34(15-12-19)30(38)20-3-6-23(7-4-20)33-25-9-10-26(35-16-13-31-28(25)35)21-5-8-24-22(17-21)18-32-29(24)37;1-18(36)33(2)23-11-13-34(17-23)29(38)19-3-6-22(7-4-19)32-25-9-10-26(35-14-12-30-27(25)35)20-5-8-24-21(15-20)16-31-28(24)37;1-16-12-21(32-36-16)15-30-26(34)17-2-5-20(6-3-17)31-23-8-9-24(33-11-10-28-25(23)33)18-4-7-22-19(13-18)14-29-27(22)35/h3-10,13,16-17,19,33H,2,11-12,14-15,18H2,1H3,(H,32,37);3-10,12,14-15,23,32H,11,13,16-17H2,1-2H3,(H,31,37);2-13,31H,14-15H2,1H3,(H,29,35)(H,30,34). The molecule has 562 valence electrons. The third-order valence-electron chi connectivity index (χ3n) is 21.3. The Kier molecular flexibility index (Phi) is 19.9. The molecule has 7 aromatic heterocycles. The summed E-state index contributed by atoms with van der Waals surface area (Å²) in [5.41, 5.74) is 21.0. The molecule has 0 radical (unpaired) electrons. The highest BCUT2D eigenvalue weighted by atomic mass is 16.5. The van der Waals surface area contributed by atoms with Crippen molar-refractivity contribution in [1.82, 2.24) is 69.3 Å². The first-order valence-electron chi connectivity index (χ1n) is 37.2. The van der Waals surface area contributed by atoms with Crippen molar-refractivity contribution in [2.45, 2.75) is 78.7 Å². The molecule has 26 nitrogen and oxygen atoms in total. The average molecular weight is 1490 g/mol. The minimum absolute atomic E-state index is 0.00481. The minimum Gasteiger partial charge on any atom is -0.361 e. The third-order valence-corrected chi connectivity index (χ3v) is 21.3. The largest absolute Gasteiger partial charge is 0.361 e. The number of anilines is 6. The van der Waals surface area contributed by atoms with Crippen molar-refractivity contribution in [3.8, 4) is 33.8 Å². The van der Waals surface area contributed by atoms with Crippen LogP contribution in [0.2, 0.25) is 0 Å². The number of carbonyl (C=O) groups excluding carboxylic acids is 8. The average Bonchev–Trinajstić information content (AvgIpc) is 1.59. The molecule has 26 heteroatoms. The van der Waals surface area contributed by atoms with Gasteiger partial charge in [0.1, 0.15) is 17.2 Å². The van der Waals surface area contributed by atoms with Crippen LogP contribution in [-0.4, -0.2) is 134 Å². The van der Waals surface area contributed by atoms with Crippen molar-refractivity contribution >= 4 is 98.2 Å². The van der Waals surface area contributed by atoms with Crippen molar-refractivity contribution in [3.05, 3.63) is 269 Å². The minimum atomic E-state index is -0.187. The third kappa shape index (κ3) is 14.8. The Bertz CT molecular complexity index is 5870. The summed E-state index contributed by atoms with van der Waals surface area (Å²) < 4.78 is 11.1. The van der Waals surface area contributed by atoms with Crippen LogP contribution in [0.4, 0.5) is 34.1 Å². The van der Waals surface area contributed by atoms with Crippen LogP contribution in [0.15, 0.2) is 212 Å². The number of nitrogens with one attached hydrogen (secondary N) is 7. The van der Waals surface area contributed by atoms with Gasteiger partial charge in [-0.3, -0.25) is 51.6 Å². The summed E-state index contributed by atoms with van der Waals surface area (Å²) in [6, 6.07) is 53.7. The maximum absolute atomic E-state index is 13.0. The second-order valence-corrected chi connectivity index (χ2v) is 28.4. The van der Waals surface area contributed by atoms with Gasteiger partial charge in [0.15, 0.2) is 16.9 Å². The number of pyridine rings is 3. The van der Waals surface area contributed by atoms with E-state index in [2.05, 4.69) is 63.4 Å². The van der Waals surface area contributed by atoms with E-state index < -0.39 is 0 Å². The van der Waals surface area contributed by atoms with Gasteiger partial charge in [0.2, 0.25) is 5.91 Å². The number of imidazole rings is 3. The van der Waals surface area contributed by atoms with E-state index in [1.165, 1.54) is 0 Å². The van der Waals surface area contributed by atoms with Crippen molar-refractivity contribution in [1.29, 1.82) is 0 Å². The van der Waals surface area contributed by atoms with Crippen LogP contribution in [0, 0.1) is 12.8 Å².